The summed E-state index contributed by atoms with van der Waals surface area (Å²) in [7, 11) is 0. The summed E-state index contributed by atoms with van der Waals surface area (Å²) in [4.78, 5) is 22.9. The van der Waals surface area contributed by atoms with Crippen molar-refractivity contribution in [1.29, 1.82) is 0 Å². The predicted octanol–water partition coefficient (Wildman–Crippen LogP) is 3.97. The first-order valence-corrected chi connectivity index (χ1v) is 7.44. The molecular weight excluding hydrogens is 316 g/mol. The molecule has 2 rings (SSSR count). The van der Waals surface area contributed by atoms with Gasteiger partial charge in [0.05, 0.1) is 6.61 Å². The van der Waals surface area contributed by atoms with Crippen LogP contribution in [0.1, 0.15) is 30.1 Å². The monoisotopic (exact) mass is 333 g/mol. The second-order valence-electron chi connectivity index (χ2n) is 5.24. The van der Waals surface area contributed by atoms with Gasteiger partial charge in [-0.2, -0.15) is 0 Å². The Balaban J connectivity index is 1.73. The summed E-state index contributed by atoms with van der Waals surface area (Å²) >= 11 is 0. The Bertz CT molecular complexity index is 709. The summed E-state index contributed by atoms with van der Waals surface area (Å²) in [6.07, 6.45) is 0.599. The third-order valence-electron chi connectivity index (χ3n) is 3.22. The second kappa shape index (κ2) is 8.19. The number of anilines is 1. The molecule has 0 heterocycles. The molecule has 0 radical (unpaired) electrons. The van der Waals surface area contributed by atoms with Crippen molar-refractivity contribution in [2.24, 2.45) is 0 Å². The van der Waals surface area contributed by atoms with E-state index in [1.807, 2.05) is 0 Å². The van der Waals surface area contributed by atoms with Crippen molar-refractivity contribution in [3.8, 4) is 5.75 Å². The summed E-state index contributed by atoms with van der Waals surface area (Å²) in [5.74, 6) is -1.26. The van der Waals surface area contributed by atoms with Crippen LogP contribution in [0.3, 0.4) is 0 Å². The van der Waals surface area contributed by atoms with Crippen molar-refractivity contribution in [3.05, 3.63) is 59.7 Å². The van der Waals surface area contributed by atoms with Gasteiger partial charge in [0.25, 0.3) is 0 Å². The van der Waals surface area contributed by atoms with E-state index in [0.29, 0.717) is 24.3 Å². The number of hydrogen-bond acceptors (Lipinski definition) is 3. The van der Waals surface area contributed by atoms with Crippen molar-refractivity contribution < 1.29 is 23.1 Å². The van der Waals surface area contributed by atoms with Crippen LogP contribution in [0.2, 0.25) is 0 Å². The lowest BCUT2D eigenvalue weighted by molar-refractivity contribution is -0.116. The van der Waals surface area contributed by atoms with Gasteiger partial charge in [-0.1, -0.05) is 0 Å². The molecule has 0 saturated carbocycles. The summed E-state index contributed by atoms with van der Waals surface area (Å²) in [6.45, 7) is 1.79. The molecule has 126 valence electrons. The van der Waals surface area contributed by atoms with Crippen molar-refractivity contribution in [2.45, 2.75) is 19.8 Å². The van der Waals surface area contributed by atoms with Crippen LogP contribution < -0.4 is 10.1 Å². The molecule has 0 aliphatic carbocycles. The summed E-state index contributed by atoms with van der Waals surface area (Å²) < 4.78 is 31.5. The van der Waals surface area contributed by atoms with Gasteiger partial charge in [0, 0.05) is 23.7 Å². The largest absolute Gasteiger partial charge is 0.494 e. The highest BCUT2D eigenvalue weighted by atomic mass is 19.1. The first-order valence-electron chi connectivity index (χ1n) is 7.44. The van der Waals surface area contributed by atoms with Gasteiger partial charge >= 0.3 is 0 Å². The number of rotatable bonds is 7. The molecule has 0 aromatic heterocycles. The zero-order valence-electron chi connectivity index (χ0n) is 13.1. The van der Waals surface area contributed by atoms with Gasteiger partial charge in [0.15, 0.2) is 5.78 Å². The number of nitrogens with one attached hydrogen (secondary N) is 1. The molecule has 0 saturated heterocycles. The minimum Gasteiger partial charge on any atom is -0.494 e. The quantitative estimate of drug-likeness (QED) is 0.616. The smallest absolute Gasteiger partial charge is 0.224 e. The Morgan fingerprint density at radius 3 is 2.25 bits per heavy atom. The maximum Gasteiger partial charge on any atom is 0.224 e. The van der Waals surface area contributed by atoms with Gasteiger partial charge in [-0.05, 0) is 49.7 Å². The minimum absolute atomic E-state index is 0.0213. The standard InChI is InChI=1S/C18H17F2NO3/c1-12(22)13-4-6-17(7-5-13)24-8-2-3-18(23)21-16-10-14(19)9-15(20)11-16/h4-7,9-11H,2-3,8H2,1H3,(H,21,23). The highest BCUT2D eigenvalue weighted by Crippen LogP contribution is 2.15. The van der Waals surface area contributed by atoms with Crippen molar-refractivity contribution in [2.75, 3.05) is 11.9 Å². The fourth-order valence-electron chi connectivity index (χ4n) is 2.06. The second-order valence-corrected chi connectivity index (χ2v) is 5.24. The molecule has 0 unspecified atom stereocenters. The van der Waals surface area contributed by atoms with Crippen molar-refractivity contribution >= 4 is 17.4 Å². The fraction of sp³-hybridized carbons (Fsp3) is 0.222. The van der Waals surface area contributed by atoms with E-state index in [-0.39, 0.29) is 23.8 Å². The number of benzene rings is 2. The first-order chi connectivity index (χ1) is 11.4. The van der Waals surface area contributed by atoms with Gasteiger partial charge in [0.2, 0.25) is 5.91 Å². The Morgan fingerprint density at radius 1 is 1.04 bits per heavy atom. The predicted molar refractivity (Wildman–Crippen MR) is 86.2 cm³/mol. The molecule has 2 aromatic rings. The van der Waals surface area contributed by atoms with Crippen molar-refractivity contribution in [3.63, 3.8) is 0 Å². The van der Waals surface area contributed by atoms with E-state index in [2.05, 4.69) is 5.32 Å². The number of halogens is 2. The van der Waals surface area contributed by atoms with E-state index in [9.17, 15) is 18.4 Å². The highest BCUT2D eigenvalue weighted by Gasteiger charge is 2.06. The molecule has 2 aromatic carbocycles. The normalized spacial score (nSPS) is 10.3. The fourth-order valence-corrected chi connectivity index (χ4v) is 2.06. The zero-order valence-corrected chi connectivity index (χ0v) is 13.1. The van der Waals surface area contributed by atoms with Crippen LogP contribution in [0, 0.1) is 11.6 Å². The first kappa shape index (κ1) is 17.6. The lowest BCUT2D eigenvalue weighted by Crippen LogP contribution is -2.13. The van der Waals surface area contributed by atoms with Crippen LogP contribution in [0.25, 0.3) is 0 Å². The van der Waals surface area contributed by atoms with Crippen LogP contribution >= 0.6 is 0 Å². The van der Waals surface area contributed by atoms with Gasteiger partial charge in [-0.15, -0.1) is 0 Å². The van der Waals surface area contributed by atoms with Gasteiger partial charge in [0.1, 0.15) is 17.4 Å². The number of amides is 1. The van der Waals surface area contributed by atoms with E-state index >= 15 is 0 Å². The third-order valence-corrected chi connectivity index (χ3v) is 3.22. The molecule has 4 nitrogen and oxygen atoms in total. The van der Waals surface area contributed by atoms with Crippen LogP contribution in [0.5, 0.6) is 5.75 Å². The van der Waals surface area contributed by atoms with Crippen LogP contribution in [-0.4, -0.2) is 18.3 Å². The maximum absolute atomic E-state index is 13.0. The Labute approximate surface area is 138 Å². The lowest BCUT2D eigenvalue weighted by atomic mass is 10.1. The molecule has 6 heteroatoms. The molecule has 0 atom stereocenters. The summed E-state index contributed by atoms with van der Waals surface area (Å²) in [5, 5.41) is 2.43. The molecule has 1 amide bonds. The third kappa shape index (κ3) is 5.46. The number of ether oxygens (including phenoxy) is 1. The Kier molecular flexibility index (Phi) is 6.01. The van der Waals surface area contributed by atoms with E-state index in [1.54, 1.807) is 24.3 Å². The van der Waals surface area contributed by atoms with Crippen LogP contribution in [-0.2, 0) is 4.79 Å². The lowest BCUT2D eigenvalue weighted by Gasteiger charge is -2.08. The van der Waals surface area contributed by atoms with Gasteiger partial charge < -0.3 is 10.1 Å². The SMILES string of the molecule is CC(=O)c1ccc(OCCCC(=O)Nc2cc(F)cc(F)c2)cc1. The number of ketones is 1. The molecule has 24 heavy (non-hydrogen) atoms. The Hall–Kier alpha value is -2.76. The number of carbonyl (C=O) groups is 2. The summed E-state index contributed by atoms with van der Waals surface area (Å²) in [6, 6.07) is 9.55. The van der Waals surface area contributed by atoms with E-state index < -0.39 is 11.6 Å². The molecule has 0 fully saturated rings. The highest BCUT2D eigenvalue weighted by molar-refractivity contribution is 5.94. The number of carbonyl (C=O) groups excluding carboxylic acids is 2. The Morgan fingerprint density at radius 2 is 1.67 bits per heavy atom. The molecule has 0 aliphatic heterocycles. The molecule has 0 bridgehead atoms. The molecule has 0 aliphatic rings. The minimum atomic E-state index is -0.748. The molecule has 1 N–H and O–H groups in total. The van der Waals surface area contributed by atoms with Gasteiger partial charge in [-0.3, -0.25) is 9.59 Å². The molecular formula is C18H17F2NO3. The average Bonchev–Trinajstić information content (AvgIpc) is 2.51. The van der Waals surface area contributed by atoms with Crippen LogP contribution in [0.4, 0.5) is 14.5 Å². The number of hydrogen-bond donors (Lipinski definition) is 1. The zero-order chi connectivity index (χ0) is 17.5. The average molecular weight is 333 g/mol. The van der Waals surface area contributed by atoms with Crippen molar-refractivity contribution in [1.82, 2.24) is 0 Å². The van der Waals surface area contributed by atoms with Gasteiger partial charge in [-0.25, -0.2) is 8.78 Å². The van der Waals surface area contributed by atoms with E-state index in [4.69, 9.17) is 4.74 Å². The topological polar surface area (TPSA) is 55.4 Å². The maximum atomic E-state index is 13.0. The van der Waals surface area contributed by atoms with E-state index in [1.165, 1.54) is 6.92 Å². The summed E-state index contributed by atoms with van der Waals surface area (Å²) in [5.41, 5.74) is 0.683. The van der Waals surface area contributed by atoms with E-state index in [0.717, 1.165) is 18.2 Å². The van der Waals surface area contributed by atoms with Crippen LogP contribution in [0.15, 0.2) is 42.5 Å². The molecule has 0 spiro atoms. The number of Topliss-reactive ketones (excluding diaryl/α,β-unsaturated/α-hetero) is 1.